The number of likely N-dealkylation sites (N-methyl/N-ethyl adjacent to an activating group) is 1. The van der Waals surface area contributed by atoms with Crippen molar-refractivity contribution in [1.29, 1.82) is 0 Å². The molecule has 3 nitrogen and oxygen atoms in total. The Kier molecular flexibility index (Phi) is 6.91. The summed E-state index contributed by atoms with van der Waals surface area (Å²) in [7, 11) is 0. The van der Waals surface area contributed by atoms with Gasteiger partial charge >= 0.3 is 0 Å². The number of nitrogens with zero attached hydrogens (tertiary/aromatic N) is 1. The largest absolute Gasteiger partial charge is 0.389 e. The molecule has 0 spiro atoms. The standard InChI is InChI=1S/C14H21FN2OS/c1-3-17(7-8-18-4-2)10-11-9-12(15)5-6-13(11)14(16)19/h5-6,9H,3-4,7-8,10H2,1-2H3,(H2,16,19). The van der Waals surface area contributed by atoms with Crippen molar-refractivity contribution in [3.05, 3.63) is 35.1 Å². The van der Waals surface area contributed by atoms with Gasteiger partial charge in [-0.2, -0.15) is 0 Å². The molecule has 0 aliphatic rings. The van der Waals surface area contributed by atoms with Crippen LogP contribution in [0.5, 0.6) is 0 Å². The molecule has 0 amide bonds. The Morgan fingerprint density at radius 2 is 2.16 bits per heavy atom. The second-order valence-corrected chi connectivity index (χ2v) is 4.67. The average molecular weight is 284 g/mol. The predicted octanol–water partition coefficient (Wildman–Crippen LogP) is 2.32. The number of thiocarbonyl (C=S) groups is 1. The van der Waals surface area contributed by atoms with Crippen LogP contribution in [0.2, 0.25) is 0 Å². The molecular weight excluding hydrogens is 263 g/mol. The third kappa shape index (κ3) is 5.22. The zero-order valence-corrected chi connectivity index (χ0v) is 12.3. The molecule has 0 aliphatic heterocycles. The van der Waals surface area contributed by atoms with E-state index in [1.165, 1.54) is 12.1 Å². The molecular formula is C14H21FN2OS. The maximum absolute atomic E-state index is 13.3. The number of hydrogen-bond acceptors (Lipinski definition) is 3. The van der Waals surface area contributed by atoms with Crippen LogP contribution < -0.4 is 5.73 Å². The number of rotatable bonds is 8. The van der Waals surface area contributed by atoms with Crippen LogP contribution in [0.4, 0.5) is 4.39 Å². The van der Waals surface area contributed by atoms with Gasteiger partial charge in [-0.15, -0.1) is 0 Å². The van der Waals surface area contributed by atoms with Crippen molar-refractivity contribution in [2.75, 3.05) is 26.3 Å². The fraction of sp³-hybridized carbons (Fsp3) is 0.500. The Balaban J connectivity index is 2.77. The Morgan fingerprint density at radius 1 is 1.42 bits per heavy atom. The third-order valence-corrected chi connectivity index (χ3v) is 3.15. The second-order valence-electron chi connectivity index (χ2n) is 4.23. The van der Waals surface area contributed by atoms with Crippen molar-refractivity contribution >= 4 is 17.2 Å². The summed E-state index contributed by atoms with van der Waals surface area (Å²) < 4.78 is 18.7. The van der Waals surface area contributed by atoms with Crippen molar-refractivity contribution in [2.45, 2.75) is 20.4 Å². The Morgan fingerprint density at radius 3 is 2.74 bits per heavy atom. The lowest BCUT2D eigenvalue weighted by Crippen LogP contribution is -2.28. The maximum Gasteiger partial charge on any atom is 0.123 e. The molecule has 0 atom stereocenters. The van der Waals surface area contributed by atoms with Crippen LogP contribution >= 0.6 is 12.2 Å². The normalized spacial score (nSPS) is 10.9. The van der Waals surface area contributed by atoms with Gasteiger partial charge in [-0.3, -0.25) is 4.90 Å². The predicted molar refractivity (Wildman–Crippen MR) is 79.7 cm³/mol. The van der Waals surface area contributed by atoms with Crippen LogP contribution in [0.1, 0.15) is 25.0 Å². The quantitative estimate of drug-likeness (QED) is 0.587. The van der Waals surface area contributed by atoms with Crippen molar-refractivity contribution in [3.63, 3.8) is 0 Å². The van der Waals surface area contributed by atoms with E-state index in [0.717, 1.165) is 24.2 Å². The second kappa shape index (κ2) is 8.19. The van der Waals surface area contributed by atoms with Gasteiger partial charge in [0.15, 0.2) is 0 Å². The lowest BCUT2D eigenvalue weighted by Gasteiger charge is -2.21. The van der Waals surface area contributed by atoms with E-state index in [9.17, 15) is 4.39 Å². The van der Waals surface area contributed by atoms with E-state index in [-0.39, 0.29) is 5.82 Å². The van der Waals surface area contributed by atoms with Crippen LogP contribution in [0.15, 0.2) is 18.2 Å². The van der Waals surface area contributed by atoms with Gasteiger partial charge in [0.2, 0.25) is 0 Å². The molecule has 0 saturated carbocycles. The number of nitrogens with two attached hydrogens (primary N) is 1. The Labute approximate surface area is 119 Å². The Bertz CT molecular complexity index is 426. The molecule has 0 saturated heterocycles. The minimum absolute atomic E-state index is 0.268. The zero-order valence-electron chi connectivity index (χ0n) is 11.5. The first-order valence-corrected chi connectivity index (χ1v) is 6.87. The molecule has 19 heavy (non-hydrogen) atoms. The molecule has 2 N–H and O–H groups in total. The summed E-state index contributed by atoms with van der Waals surface area (Å²) in [4.78, 5) is 2.47. The fourth-order valence-corrected chi connectivity index (χ4v) is 2.06. The van der Waals surface area contributed by atoms with E-state index < -0.39 is 0 Å². The number of benzene rings is 1. The van der Waals surface area contributed by atoms with Crippen LogP contribution in [0, 0.1) is 5.82 Å². The average Bonchev–Trinajstić information content (AvgIpc) is 2.37. The monoisotopic (exact) mass is 284 g/mol. The van der Waals surface area contributed by atoms with Gasteiger partial charge in [0.1, 0.15) is 10.8 Å². The van der Waals surface area contributed by atoms with Gasteiger partial charge in [0.25, 0.3) is 0 Å². The lowest BCUT2D eigenvalue weighted by atomic mass is 10.1. The minimum Gasteiger partial charge on any atom is -0.389 e. The number of halogens is 1. The van der Waals surface area contributed by atoms with E-state index in [0.29, 0.717) is 24.7 Å². The summed E-state index contributed by atoms with van der Waals surface area (Å²) >= 11 is 5.00. The summed E-state index contributed by atoms with van der Waals surface area (Å²) in [5.74, 6) is -0.268. The van der Waals surface area contributed by atoms with Gasteiger partial charge in [-0.1, -0.05) is 19.1 Å². The highest BCUT2D eigenvalue weighted by Crippen LogP contribution is 2.14. The topological polar surface area (TPSA) is 38.5 Å². The summed E-state index contributed by atoms with van der Waals surface area (Å²) in [6, 6.07) is 4.52. The fourth-order valence-electron chi connectivity index (χ4n) is 1.86. The molecule has 0 unspecified atom stereocenters. The molecule has 0 fully saturated rings. The minimum atomic E-state index is -0.268. The highest BCUT2D eigenvalue weighted by Gasteiger charge is 2.10. The molecule has 0 radical (unpaired) electrons. The van der Waals surface area contributed by atoms with Crippen molar-refractivity contribution in [3.8, 4) is 0 Å². The van der Waals surface area contributed by atoms with Crippen LogP contribution in [-0.2, 0) is 11.3 Å². The Hall–Kier alpha value is -1.04. The maximum atomic E-state index is 13.3. The molecule has 1 aromatic rings. The van der Waals surface area contributed by atoms with Crippen molar-refractivity contribution in [2.24, 2.45) is 5.73 Å². The first kappa shape index (κ1) is 16.0. The molecule has 5 heteroatoms. The van der Waals surface area contributed by atoms with Gasteiger partial charge in [0, 0.05) is 25.3 Å². The summed E-state index contributed by atoms with van der Waals surface area (Å²) in [6.07, 6.45) is 0. The first-order valence-electron chi connectivity index (χ1n) is 6.46. The highest BCUT2D eigenvalue weighted by molar-refractivity contribution is 7.80. The van der Waals surface area contributed by atoms with Crippen LogP contribution in [0.3, 0.4) is 0 Å². The SMILES string of the molecule is CCOCCN(CC)Cc1cc(F)ccc1C(N)=S. The van der Waals surface area contributed by atoms with Gasteiger partial charge < -0.3 is 10.5 Å². The summed E-state index contributed by atoms with van der Waals surface area (Å²) in [6.45, 7) is 7.68. The van der Waals surface area contributed by atoms with Gasteiger partial charge in [-0.05, 0) is 37.2 Å². The number of hydrogen-bond donors (Lipinski definition) is 1. The lowest BCUT2D eigenvalue weighted by molar-refractivity contribution is 0.113. The van der Waals surface area contributed by atoms with Crippen molar-refractivity contribution in [1.82, 2.24) is 4.90 Å². The first-order chi connectivity index (χ1) is 9.08. The van der Waals surface area contributed by atoms with E-state index >= 15 is 0 Å². The smallest absolute Gasteiger partial charge is 0.123 e. The highest BCUT2D eigenvalue weighted by atomic mass is 32.1. The van der Waals surface area contributed by atoms with E-state index in [2.05, 4.69) is 11.8 Å². The summed E-state index contributed by atoms with van der Waals surface area (Å²) in [5, 5.41) is 0. The van der Waals surface area contributed by atoms with Crippen LogP contribution in [0.25, 0.3) is 0 Å². The molecule has 0 aromatic heterocycles. The van der Waals surface area contributed by atoms with Crippen LogP contribution in [-0.4, -0.2) is 36.2 Å². The van der Waals surface area contributed by atoms with Gasteiger partial charge in [0.05, 0.1) is 6.61 Å². The molecule has 0 bridgehead atoms. The molecule has 1 rings (SSSR count). The van der Waals surface area contributed by atoms with Gasteiger partial charge in [-0.25, -0.2) is 4.39 Å². The van der Waals surface area contributed by atoms with E-state index in [1.54, 1.807) is 6.07 Å². The molecule has 106 valence electrons. The number of ether oxygens (including phenoxy) is 1. The molecule has 0 aliphatic carbocycles. The van der Waals surface area contributed by atoms with Crippen molar-refractivity contribution < 1.29 is 9.13 Å². The van der Waals surface area contributed by atoms with E-state index in [1.807, 2.05) is 6.92 Å². The van der Waals surface area contributed by atoms with E-state index in [4.69, 9.17) is 22.7 Å². The zero-order chi connectivity index (χ0) is 14.3. The third-order valence-electron chi connectivity index (χ3n) is 2.93. The molecule has 1 aromatic carbocycles. The summed E-state index contributed by atoms with van der Waals surface area (Å²) in [5.41, 5.74) is 7.24. The molecule has 0 heterocycles.